The van der Waals surface area contributed by atoms with E-state index < -0.39 is 0 Å². The average molecular weight is 356 g/mol. The predicted octanol–water partition coefficient (Wildman–Crippen LogP) is 3.92. The third-order valence-electron chi connectivity index (χ3n) is 4.59. The molecule has 2 aromatic carbocycles. The molecule has 0 fully saturated rings. The van der Waals surface area contributed by atoms with Crippen LogP contribution in [-0.4, -0.2) is 26.3 Å². The highest BCUT2D eigenvalue weighted by Gasteiger charge is 2.34. The molecule has 0 spiro atoms. The lowest BCUT2D eigenvalue weighted by Crippen LogP contribution is -2.33. The Morgan fingerprint density at radius 3 is 2.65 bits per heavy atom. The van der Waals surface area contributed by atoms with Crippen LogP contribution in [0.3, 0.4) is 0 Å². The van der Waals surface area contributed by atoms with Crippen molar-refractivity contribution in [2.24, 2.45) is 0 Å². The summed E-state index contributed by atoms with van der Waals surface area (Å²) in [6.45, 7) is 2.33. The van der Waals surface area contributed by atoms with E-state index in [0.717, 1.165) is 30.4 Å². The van der Waals surface area contributed by atoms with E-state index in [1.165, 1.54) is 7.11 Å². The highest BCUT2D eigenvalue weighted by atomic mass is 16.7. The van der Waals surface area contributed by atoms with Gasteiger partial charge in [0.1, 0.15) is 11.9 Å². The summed E-state index contributed by atoms with van der Waals surface area (Å²) in [7, 11) is 1.52. The molecule has 2 aromatic rings. The minimum absolute atomic E-state index is 0.166. The molecule has 0 radical (unpaired) electrons. The van der Waals surface area contributed by atoms with Crippen molar-refractivity contribution in [2.45, 2.75) is 32.0 Å². The van der Waals surface area contributed by atoms with Gasteiger partial charge in [-0.1, -0.05) is 19.4 Å². The van der Waals surface area contributed by atoms with E-state index in [1.54, 1.807) is 12.1 Å². The van der Waals surface area contributed by atoms with Crippen molar-refractivity contribution in [3.63, 3.8) is 0 Å². The van der Waals surface area contributed by atoms with Gasteiger partial charge >= 0.3 is 0 Å². The van der Waals surface area contributed by atoms with Gasteiger partial charge in [0.2, 0.25) is 6.79 Å². The molecule has 0 saturated carbocycles. The first kappa shape index (κ1) is 16.6. The standard InChI is InChI=1S/C20H20O6/c1-3-4-15-20(12-5-6-14-17(7-12)24-11-23-14)26-19-9-16(22-2)13(10-21)8-18(19)25-15/h5-10,15,20H,3-4,11H2,1-2H3/t15-,20+/m0/s1. The summed E-state index contributed by atoms with van der Waals surface area (Å²) < 4.78 is 28.6. The van der Waals surface area contributed by atoms with Gasteiger partial charge in [-0.2, -0.15) is 0 Å². The summed E-state index contributed by atoms with van der Waals surface area (Å²) in [6.07, 6.45) is 2.06. The first-order chi connectivity index (χ1) is 12.7. The van der Waals surface area contributed by atoms with E-state index in [4.69, 9.17) is 23.7 Å². The van der Waals surface area contributed by atoms with E-state index in [2.05, 4.69) is 6.92 Å². The van der Waals surface area contributed by atoms with Crippen LogP contribution in [0.25, 0.3) is 0 Å². The molecule has 26 heavy (non-hydrogen) atoms. The molecule has 2 atom stereocenters. The van der Waals surface area contributed by atoms with Crippen LogP contribution in [-0.2, 0) is 0 Å². The lowest BCUT2D eigenvalue weighted by Gasteiger charge is -2.34. The summed E-state index contributed by atoms with van der Waals surface area (Å²) in [5.41, 5.74) is 1.39. The Balaban J connectivity index is 1.72. The van der Waals surface area contributed by atoms with Gasteiger partial charge in [-0.15, -0.1) is 0 Å². The molecule has 136 valence electrons. The highest BCUT2D eigenvalue weighted by molar-refractivity contribution is 5.81. The maximum Gasteiger partial charge on any atom is 0.231 e. The predicted molar refractivity (Wildman–Crippen MR) is 93.6 cm³/mol. The lowest BCUT2D eigenvalue weighted by atomic mass is 9.98. The van der Waals surface area contributed by atoms with Crippen molar-refractivity contribution in [1.29, 1.82) is 0 Å². The fourth-order valence-electron chi connectivity index (χ4n) is 3.32. The van der Waals surface area contributed by atoms with Crippen molar-refractivity contribution >= 4 is 6.29 Å². The van der Waals surface area contributed by atoms with Gasteiger partial charge in [0.15, 0.2) is 35.4 Å². The van der Waals surface area contributed by atoms with Crippen LogP contribution in [0.5, 0.6) is 28.7 Å². The Hall–Kier alpha value is -2.89. The van der Waals surface area contributed by atoms with Crippen LogP contribution in [0.4, 0.5) is 0 Å². The fraction of sp³-hybridized carbons (Fsp3) is 0.350. The molecule has 0 aliphatic carbocycles. The molecular formula is C20H20O6. The monoisotopic (exact) mass is 356 g/mol. The molecule has 0 unspecified atom stereocenters. The topological polar surface area (TPSA) is 63.2 Å². The zero-order chi connectivity index (χ0) is 18.1. The molecule has 0 bridgehead atoms. The Bertz CT molecular complexity index is 831. The second kappa shape index (κ2) is 6.78. The van der Waals surface area contributed by atoms with Crippen LogP contribution in [0, 0.1) is 0 Å². The largest absolute Gasteiger partial charge is 0.496 e. The van der Waals surface area contributed by atoms with Gasteiger partial charge in [0, 0.05) is 11.6 Å². The first-order valence-electron chi connectivity index (χ1n) is 8.63. The number of hydrogen-bond acceptors (Lipinski definition) is 6. The normalized spacial score (nSPS) is 19.9. The van der Waals surface area contributed by atoms with Crippen molar-refractivity contribution in [2.75, 3.05) is 13.9 Å². The van der Waals surface area contributed by atoms with Crippen molar-refractivity contribution in [3.8, 4) is 28.7 Å². The van der Waals surface area contributed by atoms with Gasteiger partial charge in [0.25, 0.3) is 0 Å². The first-order valence-corrected chi connectivity index (χ1v) is 8.63. The number of aldehydes is 1. The van der Waals surface area contributed by atoms with Crippen molar-refractivity contribution in [3.05, 3.63) is 41.5 Å². The second-order valence-electron chi connectivity index (χ2n) is 6.25. The van der Waals surface area contributed by atoms with Crippen molar-refractivity contribution < 1.29 is 28.5 Å². The Morgan fingerprint density at radius 1 is 1.08 bits per heavy atom. The molecule has 0 N–H and O–H groups in total. The van der Waals surface area contributed by atoms with E-state index >= 15 is 0 Å². The van der Waals surface area contributed by atoms with Crippen LogP contribution in [0.2, 0.25) is 0 Å². The Kier molecular flexibility index (Phi) is 4.32. The number of rotatable bonds is 5. The number of carbonyl (C=O) groups is 1. The van der Waals surface area contributed by atoms with Crippen LogP contribution in [0.1, 0.15) is 41.8 Å². The summed E-state index contributed by atoms with van der Waals surface area (Å²) in [5.74, 6) is 3.02. The SMILES string of the molecule is CCC[C@@H]1Oc2cc(C=O)c(OC)cc2O[C@@H]1c1ccc2c(c1)OCO2. The number of fused-ring (bicyclic) bond motifs is 2. The smallest absolute Gasteiger partial charge is 0.231 e. The lowest BCUT2D eigenvalue weighted by molar-refractivity contribution is 0.0141. The molecule has 2 aliphatic heterocycles. The van der Waals surface area contributed by atoms with Gasteiger partial charge in [-0.25, -0.2) is 0 Å². The quantitative estimate of drug-likeness (QED) is 0.757. The number of ether oxygens (including phenoxy) is 5. The molecule has 4 rings (SSSR count). The average Bonchev–Trinajstić information content (AvgIpc) is 3.14. The third kappa shape index (κ3) is 2.81. The zero-order valence-corrected chi connectivity index (χ0v) is 14.7. The Morgan fingerprint density at radius 2 is 1.88 bits per heavy atom. The van der Waals surface area contributed by atoms with E-state index in [9.17, 15) is 4.79 Å². The molecule has 6 heteroatoms. The molecule has 6 nitrogen and oxygen atoms in total. The summed E-state index contributed by atoms with van der Waals surface area (Å²) >= 11 is 0. The molecule has 2 aliphatic rings. The summed E-state index contributed by atoms with van der Waals surface area (Å²) in [6, 6.07) is 9.14. The molecule has 0 aromatic heterocycles. The minimum atomic E-state index is -0.288. The zero-order valence-electron chi connectivity index (χ0n) is 14.7. The molecule has 0 saturated heterocycles. The minimum Gasteiger partial charge on any atom is -0.496 e. The van der Waals surface area contributed by atoms with E-state index in [1.807, 2.05) is 18.2 Å². The highest BCUT2D eigenvalue weighted by Crippen LogP contribution is 2.45. The van der Waals surface area contributed by atoms with E-state index in [0.29, 0.717) is 28.6 Å². The number of methoxy groups -OCH3 is 1. The van der Waals surface area contributed by atoms with Crippen LogP contribution in [0.15, 0.2) is 30.3 Å². The fourth-order valence-corrected chi connectivity index (χ4v) is 3.32. The van der Waals surface area contributed by atoms with Gasteiger partial charge < -0.3 is 23.7 Å². The maximum absolute atomic E-state index is 11.3. The summed E-state index contributed by atoms with van der Waals surface area (Å²) in [4.78, 5) is 11.3. The number of hydrogen-bond donors (Lipinski definition) is 0. The van der Waals surface area contributed by atoms with Crippen LogP contribution >= 0.6 is 0 Å². The molecular weight excluding hydrogens is 336 g/mol. The van der Waals surface area contributed by atoms with E-state index in [-0.39, 0.29) is 19.0 Å². The molecule has 2 heterocycles. The van der Waals surface area contributed by atoms with Gasteiger partial charge in [-0.3, -0.25) is 4.79 Å². The van der Waals surface area contributed by atoms with Crippen molar-refractivity contribution in [1.82, 2.24) is 0 Å². The molecule has 0 amide bonds. The summed E-state index contributed by atoms with van der Waals surface area (Å²) in [5, 5.41) is 0. The van der Waals surface area contributed by atoms with Gasteiger partial charge in [-0.05, 0) is 24.6 Å². The van der Waals surface area contributed by atoms with Gasteiger partial charge in [0.05, 0.1) is 12.7 Å². The third-order valence-corrected chi connectivity index (χ3v) is 4.59. The van der Waals surface area contributed by atoms with Crippen LogP contribution < -0.4 is 23.7 Å². The second-order valence-corrected chi connectivity index (χ2v) is 6.25. The Labute approximate surface area is 151 Å². The maximum atomic E-state index is 11.3. The number of carbonyl (C=O) groups excluding carboxylic acids is 1. The number of benzene rings is 2.